The molecule has 2 rings (SSSR count). The van der Waals surface area contributed by atoms with Gasteiger partial charge in [-0.1, -0.05) is 0 Å². The van der Waals surface area contributed by atoms with Crippen LogP contribution in [0.5, 0.6) is 0 Å². The van der Waals surface area contributed by atoms with Gasteiger partial charge in [-0.3, -0.25) is 0 Å². The molecule has 1 heterocycles. The normalized spacial score (nSPS) is 18.7. The molecule has 0 bridgehead atoms. The number of rotatable bonds is 4. The third kappa shape index (κ3) is 3.78. The fraction of sp³-hybridized carbons (Fsp3) is 0.462. The van der Waals surface area contributed by atoms with Gasteiger partial charge in [-0.2, -0.15) is 0 Å². The van der Waals surface area contributed by atoms with Crippen LogP contribution in [0.4, 0.5) is 4.39 Å². The lowest BCUT2D eigenvalue weighted by Gasteiger charge is -2.11. The minimum atomic E-state index is -4.25. The molecule has 1 aliphatic rings. The maximum absolute atomic E-state index is 13.7. The van der Waals surface area contributed by atoms with Gasteiger partial charge in [0.25, 0.3) is 0 Å². The van der Waals surface area contributed by atoms with Crippen molar-refractivity contribution in [1.82, 2.24) is 0 Å². The lowest BCUT2D eigenvalue weighted by Crippen LogP contribution is -2.19. The van der Waals surface area contributed by atoms with Crippen LogP contribution in [0.25, 0.3) is 0 Å². The van der Waals surface area contributed by atoms with Crippen LogP contribution >= 0.6 is 0 Å². The number of carbonyl (C=O) groups is 1. The molecule has 1 atom stereocenters. The number of benzene rings is 1. The summed E-state index contributed by atoms with van der Waals surface area (Å²) in [5, 5.41) is 4.93. The van der Waals surface area contributed by atoms with Crippen molar-refractivity contribution >= 4 is 16.0 Å². The van der Waals surface area contributed by atoms with Gasteiger partial charge >= 0.3 is 5.97 Å². The van der Waals surface area contributed by atoms with Gasteiger partial charge in [0.15, 0.2) is 0 Å². The molecule has 0 spiro atoms. The van der Waals surface area contributed by atoms with E-state index < -0.39 is 26.7 Å². The number of sulfonamides is 1. The summed E-state index contributed by atoms with van der Waals surface area (Å²) < 4.78 is 46.7. The van der Waals surface area contributed by atoms with Gasteiger partial charge < -0.3 is 9.47 Å². The Morgan fingerprint density at radius 3 is 2.81 bits per heavy atom. The number of aryl methyl sites for hydroxylation is 1. The molecule has 1 aromatic carbocycles. The maximum atomic E-state index is 13.7. The molecule has 1 aliphatic heterocycles. The number of nitrogens with two attached hydrogens (primary N) is 1. The Kier molecular flexibility index (Phi) is 4.60. The van der Waals surface area contributed by atoms with Crippen molar-refractivity contribution in [3.05, 3.63) is 29.1 Å². The zero-order valence-corrected chi connectivity index (χ0v) is 12.3. The number of carbonyl (C=O) groups excluding carboxylic acids is 1. The molecule has 116 valence electrons. The Balaban J connectivity index is 2.19. The minimum absolute atomic E-state index is 0.00518. The Morgan fingerprint density at radius 1 is 1.52 bits per heavy atom. The second-order valence-electron chi connectivity index (χ2n) is 4.88. The number of primary sulfonamides is 1. The van der Waals surface area contributed by atoms with Gasteiger partial charge in [0.05, 0.1) is 11.7 Å². The lowest BCUT2D eigenvalue weighted by atomic mass is 10.1. The van der Waals surface area contributed by atoms with Crippen LogP contribution in [0, 0.1) is 12.7 Å². The molecule has 1 fully saturated rings. The molecule has 0 amide bonds. The van der Waals surface area contributed by atoms with Gasteiger partial charge in [-0.05, 0) is 37.5 Å². The highest BCUT2D eigenvalue weighted by atomic mass is 32.2. The SMILES string of the molecule is Cc1cc(C(=O)OCC2CCCO2)cc(S(N)(=O)=O)c1F. The number of halogens is 1. The van der Waals surface area contributed by atoms with Gasteiger partial charge in [-0.25, -0.2) is 22.7 Å². The number of ether oxygens (including phenoxy) is 2. The van der Waals surface area contributed by atoms with Gasteiger partial charge in [0.2, 0.25) is 10.0 Å². The van der Waals surface area contributed by atoms with E-state index in [0.717, 1.165) is 18.9 Å². The van der Waals surface area contributed by atoms with Gasteiger partial charge in [0, 0.05) is 6.61 Å². The van der Waals surface area contributed by atoms with E-state index in [9.17, 15) is 17.6 Å². The van der Waals surface area contributed by atoms with Gasteiger partial charge in [-0.15, -0.1) is 0 Å². The van der Waals surface area contributed by atoms with E-state index in [1.807, 2.05) is 0 Å². The number of hydrogen-bond acceptors (Lipinski definition) is 5. The van der Waals surface area contributed by atoms with Gasteiger partial charge in [0.1, 0.15) is 17.3 Å². The smallest absolute Gasteiger partial charge is 0.338 e. The summed E-state index contributed by atoms with van der Waals surface area (Å²) in [6.45, 7) is 2.06. The summed E-state index contributed by atoms with van der Waals surface area (Å²) in [7, 11) is -4.25. The van der Waals surface area contributed by atoms with Crippen molar-refractivity contribution in [2.75, 3.05) is 13.2 Å². The van der Waals surface area contributed by atoms with Crippen LogP contribution in [0.2, 0.25) is 0 Å². The first-order valence-corrected chi connectivity index (χ1v) is 7.95. The Hall–Kier alpha value is -1.51. The van der Waals surface area contributed by atoms with Crippen LogP contribution < -0.4 is 5.14 Å². The van der Waals surface area contributed by atoms with Crippen molar-refractivity contribution < 1.29 is 27.1 Å². The predicted octanol–water partition coefficient (Wildman–Crippen LogP) is 1.12. The van der Waals surface area contributed by atoms with Crippen molar-refractivity contribution in [2.24, 2.45) is 5.14 Å². The topological polar surface area (TPSA) is 95.7 Å². The van der Waals surface area contributed by atoms with Crippen molar-refractivity contribution in [3.63, 3.8) is 0 Å². The van der Waals surface area contributed by atoms with Crippen molar-refractivity contribution in [3.8, 4) is 0 Å². The average Bonchev–Trinajstić information content (AvgIpc) is 2.90. The zero-order valence-electron chi connectivity index (χ0n) is 11.5. The zero-order chi connectivity index (χ0) is 15.6. The van der Waals surface area contributed by atoms with E-state index in [0.29, 0.717) is 6.61 Å². The van der Waals surface area contributed by atoms with Crippen LogP contribution in [0.1, 0.15) is 28.8 Å². The number of hydrogen-bond donors (Lipinski definition) is 1. The monoisotopic (exact) mass is 317 g/mol. The van der Waals surface area contributed by atoms with E-state index >= 15 is 0 Å². The predicted molar refractivity (Wildman–Crippen MR) is 71.8 cm³/mol. The first-order valence-electron chi connectivity index (χ1n) is 6.40. The molecule has 21 heavy (non-hydrogen) atoms. The molecule has 1 aromatic rings. The van der Waals surface area contributed by atoms with Crippen molar-refractivity contribution in [2.45, 2.75) is 30.8 Å². The van der Waals surface area contributed by atoms with Crippen LogP contribution in [0.3, 0.4) is 0 Å². The number of esters is 1. The molecule has 1 saturated heterocycles. The lowest BCUT2D eigenvalue weighted by molar-refractivity contribution is 0.0161. The van der Waals surface area contributed by atoms with E-state index in [-0.39, 0.29) is 23.8 Å². The third-order valence-corrected chi connectivity index (χ3v) is 4.10. The van der Waals surface area contributed by atoms with Crippen LogP contribution in [0.15, 0.2) is 17.0 Å². The largest absolute Gasteiger partial charge is 0.459 e. The summed E-state index contributed by atoms with van der Waals surface area (Å²) >= 11 is 0. The molecule has 0 saturated carbocycles. The highest BCUT2D eigenvalue weighted by Crippen LogP contribution is 2.20. The molecular formula is C13H16FNO5S. The fourth-order valence-corrected chi connectivity index (χ4v) is 2.79. The molecule has 0 aromatic heterocycles. The first kappa shape index (κ1) is 15.9. The van der Waals surface area contributed by atoms with Crippen molar-refractivity contribution in [1.29, 1.82) is 0 Å². The van der Waals surface area contributed by atoms with Crippen LogP contribution in [-0.2, 0) is 19.5 Å². The molecule has 0 aliphatic carbocycles. The van der Waals surface area contributed by atoms with Crippen LogP contribution in [-0.4, -0.2) is 33.7 Å². The standard InChI is InChI=1S/C13H16FNO5S/c1-8-5-9(6-11(12(8)14)21(15,17)18)13(16)20-7-10-3-2-4-19-10/h5-6,10H,2-4,7H2,1H3,(H2,15,17,18). The van der Waals surface area contributed by atoms with E-state index in [1.165, 1.54) is 13.0 Å². The Morgan fingerprint density at radius 2 is 2.24 bits per heavy atom. The molecule has 6 nitrogen and oxygen atoms in total. The summed E-state index contributed by atoms with van der Waals surface area (Å²) in [6.07, 6.45) is 1.57. The quantitative estimate of drug-likeness (QED) is 0.840. The highest BCUT2D eigenvalue weighted by molar-refractivity contribution is 7.89. The minimum Gasteiger partial charge on any atom is -0.459 e. The third-order valence-electron chi connectivity index (χ3n) is 3.19. The summed E-state index contributed by atoms with van der Waals surface area (Å²) in [5.74, 6) is -1.70. The molecule has 1 unspecified atom stereocenters. The molecule has 2 N–H and O–H groups in total. The molecular weight excluding hydrogens is 301 g/mol. The summed E-state index contributed by atoms with van der Waals surface area (Å²) in [6, 6.07) is 2.11. The molecule has 8 heteroatoms. The molecule has 0 radical (unpaired) electrons. The second-order valence-corrected chi connectivity index (χ2v) is 6.41. The van der Waals surface area contributed by atoms with E-state index in [1.54, 1.807) is 0 Å². The summed E-state index contributed by atoms with van der Waals surface area (Å²) in [5.41, 5.74) is -0.0542. The second kappa shape index (κ2) is 6.08. The fourth-order valence-electron chi connectivity index (χ4n) is 2.09. The first-order chi connectivity index (χ1) is 9.79. The maximum Gasteiger partial charge on any atom is 0.338 e. The Labute approximate surface area is 122 Å². The van der Waals surface area contributed by atoms with E-state index in [2.05, 4.69) is 0 Å². The summed E-state index contributed by atoms with van der Waals surface area (Å²) in [4.78, 5) is 11.2. The average molecular weight is 317 g/mol. The van der Waals surface area contributed by atoms with E-state index in [4.69, 9.17) is 14.6 Å². The Bertz CT molecular complexity index is 653. The highest BCUT2D eigenvalue weighted by Gasteiger charge is 2.22.